The zero-order valence-electron chi connectivity index (χ0n) is 12.2. The van der Waals surface area contributed by atoms with Crippen molar-refractivity contribution < 1.29 is 4.39 Å². The van der Waals surface area contributed by atoms with Gasteiger partial charge in [-0.2, -0.15) is 0 Å². The first-order chi connectivity index (χ1) is 9.65. The van der Waals surface area contributed by atoms with Crippen LogP contribution < -0.4 is 5.32 Å². The fraction of sp³-hybridized carbons (Fsp3) is 0.438. The molecule has 0 aliphatic rings. The highest BCUT2D eigenvalue weighted by Crippen LogP contribution is 2.26. The van der Waals surface area contributed by atoms with Crippen LogP contribution in [0.4, 0.5) is 4.39 Å². The zero-order chi connectivity index (χ0) is 14.5. The number of hydrogen-bond donors (Lipinski definition) is 1. The first kappa shape index (κ1) is 15.1. The third kappa shape index (κ3) is 3.44. The summed E-state index contributed by atoms with van der Waals surface area (Å²) >= 11 is 1.73. The Bertz CT molecular complexity index is 553. The normalized spacial score (nSPS) is 14.2. The van der Waals surface area contributed by atoms with Crippen LogP contribution in [0.3, 0.4) is 0 Å². The monoisotopic (exact) mass is 292 g/mol. The van der Waals surface area contributed by atoms with E-state index in [4.69, 9.17) is 0 Å². The lowest BCUT2D eigenvalue weighted by Gasteiger charge is -2.21. The van der Waals surface area contributed by atoms with E-state index in [2.05, 4.69) is 31.1 Å². The summed E-state index contributed by atoms with van der Waals surface area (Å²) in [4.78, 5) is 5.74. The van der Waals surface area contributed by atoms with Crippen LogP contribution in [0.1, 0.15) is 54.7 Å². The van der Waals surface area contributed by atoms with Gasteiger partial charge in [-0.3, -0.25) is 0 Å². The summed E-state index contributed by atoms with van der Waals surface area (Å²) in [6, 6.07) is 7.12. The van der Waals surface area contributed by atoms with Crippen LogP contribution in [0.5, 0.6) is 0 Å². The van der Waals surface area contributed by atoms with Gasteiger partial charge in [0.15, 0.2) is 0 Å². The van der Waals surface area contributed by atoms with E-state index in [0.29, 0.717) is 0 Å². The van der Waals surface area contributed by atoms with Gasteiger partial charge in [0.25, 0.3) is 0 Å². The Labute approximate surface area is 124 Å². The van der Waals surface area contributed by atoms with Crippen LogP contribution in [0.25, 0.3) is 0 Å². The summed E-state index contributed by atoms with van der Waals surface area (Å²) in [5, 5.41) is 4.55. The smallest absolute Gasteiger partial charge is 0.127 e. The van der Waals surface area contributed by atoms with Gasteiger partial charge in [-0.25, -0.2) is 9.37 Å². The van der Waals surface area contributed by atoms with Crippen molar-refractivity contribution >= 4 is 11.3 Å². The van der Waals surface area contributed by atoms with Crippen LogP contribution in [0, 0.1) is 5.82 Å². The van der Waals surface area contributed by atoms with Gasteiger partial charge >= 0.3 is 0 Å². The lowest BCUT2D eigenvalue weighted by Crippen LogP contribution is -2.24. The summed E-state index contributed by atoms with van der Waals surface area (Å²) in [5.41, 5.74) is 0.731. The summed E-state index contributed by atoms with van der Waals surface area (Å²) in [6.45, 7) is 6.28. The van der Waals surface area contributed by atoms with Gasteiger partial charge in [-0.15, -0.1) is 11.3 Å². The second kappa shape index (κ2) is 6.95. The van der Waals surface area contributed by atoms with Gasteiger partial charge in [0.1, 0.15) is 10.8 Å². The average Bonchev–Trinajstić information content (AvgIpc) is 2.94. The maximum absolute atomic E-state index is 13.9. The van der Waals surface area contributed by atoms with E-state index in [-0.39, 0.29) is 17.9 Å². The van der Waals surface area contributed by atoms with Gasteiger partial charge in [-0.1, -0.05) is 32.0 Å². The standard InChI is InChI=1S/C16H21FN2S/c1-4-12-10-18-16(20-12)11(3)19-15(5-2)13-8-6-7-9-14(13)17/h6-11,15,19H,4-5H2,1-3H3. The highest BCUT2D eigenvalue weighted by atomic mass is 32.1. The Morgan fingerprint density at radius 2 is 2.05 bits per heavy atom. The Morgan fingerprint density at radius 1 is 1.30 bits per heavy atom. The topological polar surface area (TPSA) is 24.9 Å². The van der Waals surface area contributed by atoms with E-state index >= 15 is 0 Å². The van der Waals surface area contributed by atoms with Crippen molar-refractivity contribution in [2.75, 3.05) is 0 Å². The first-order valence-corrected chi connectivity index (χ1v) is 7.92. The number of nitrogens with zero attached hydrogens (tertiary/aromatic N) is 1. The van der Waals surface area contributed by atoms with E-state index in [0.717, 1.165) is 23.4 Å². The number of thiazole rings is 1. The molecule has 0 saturated carbocycles. The predicted molar refractivity (Wildman–Crippen MR) is 82.5 cm³/mol. The molecule has 1 N–H and O–H groups in total. The molecule has 0 bridgehead atoms. The zero-order valence-corrected chi connectivity index (χ0v) is 13.0. The summed E-state index contributed by atoms with van der Waals surface area (Å²) in [6.07, 6.45) is 3.79. The first-order valence-electron chi connectivity index (χ1n) is 7.10. The minimum absolute atomic E-state index is 0.0141. The number of halogens is 1. The molecular formula is C16H21FN2S. The van der Waals surface area contributed by atoms with Crippen molar-refractivity contribution in [3.8, 4) is 0 Å². The lowest BCUT2D eigenvalue weighted by atomic mass is 10.0. The predicted octanol–water partition coefficient (Wildman–Crippen LogP) is 4.65. The van der Waals surface area contributed by atoms with Crippen molar-refractivity contribution in [2.45, 2.75) is 45.7 Å². The van der Waals surface area contributed by atoms with E-state index in [9.17, 15) is 4.39 Å². The molecule has 2 unspecified atom stereocenters. The van der Waals surface area contributed by atoms with Crippen molar-refractivity contribution in [3.63, 3.8) is 0 Å². The molecule has 0 aliphatic heterocycles. The Morgan fingerprint density at radius 3 is 2.65 bits per heavy atom. The minimum atomic E-state index is -0.146. The second-order valence-electron chi connectivity index (χ2n) is 4.89. The van der Waals surface area contributed by atoms with E-state index in [1.165, 1.54) is 10.9 Å². The van der Waals surface area contributed by atoms with Gasteiger partial charge in [-0.05, 0) is 25.8 Å². The molecule has 2 rings (SSSR count). The van der Waals surface area contributed by atoms with Crippen molar-refractivity contribution in [1.29, 1.82) is 0 Å². The minimum Gasteiger partial charge on any atom is -0.301 e. The molecule has 1 aromatic carbocycles. The molecule has 1 heterocycles. The third-order valence-corrected chi connectivity index (χ3v) is 4.75. The second-order valence-corrected chi connectivity index (χ2v) is 6.04. The number of aryl methyl sites for hydroxylation is 1. The maximum Gasteiger partial charge on any atom is 0.127 e. The molecule has 1 aromatic heterocycles. The van der Waals surface area contributed by atoms with Gasteiger partial charge in [0.05, 0.1) is 6.04 Å². The van der Waals surface area contributed by atoms with Crippen molar-refractivity contribution in [2.24, 2.45) is 0 Å². The number of rotatable bonds is 6. The maximum atomic E-state index is 13.9. The highest BCUT2D eigenvalue weighted by Gasteiger charge is 2.18. The molecule has 2 atom stereocenters. The van der Waals surface area contributed by atoms with Gasteiger partial charge in [0, 0.05) is 22.7 Å². The largest absolute Gasteiger partial charge is 0.301 e. The van der Waals surface area contributed by atoms with Crippen LogP contribution in [-0.2, 0) is 6.42 Å². The molecule has 0 spiro atoms. The number of hydrogen-bond acceptors (Lipinski definition) is 3. The fourth-order valence-electron chi connectivity index (χ4n) is 2.24. The number of nitrogens with one attached hydrogen (secondary N) is 1. The molecule has 4 heteroatoms. The molecule has 2 nitrogen and oxygen atoms in total. The quantitative estimate of drug-likeness (QED) is 0.838. The van der Waals surface area contributed by atoms with Gasteiger partial charge in [0.2, 0.25) is 0 Å². The van der Waals surface area contributed by atoms with Crippen LogP contribution >= 0.6 is 11.3 Å². The molecule has 2 aromatic rings. The SMILES string of the molecule is CCc1cnc(C(C)NC(CC)c2ccccc2F)s1. The van der Waals surface area contributed by atoms with Crippen molar-refractivity contribution in [1.82, 2.24) is 10.3 Å². The molecule has 0 amide bonds. The van der Waals surface area contributed by atoms with Crippen LogP contribution in [-0.4, -0.2) is 4.98 Å². The Balaban J connectivity index is 2.12. The summed E-state index contributed by atoms with van der Waals surface area (Å²) in [7, 11) is 0. The number of benzene rings is 1. The van der Waals surface area contributed by atoms with E-state index in [1.54, 1.807) is 17.4 Å². The lowest BCUT2D eigenvalue weighted by molar-refractivity contribution is 0.438. The molecular weight excluding hydrogens is 271 g/mol. The molecule has 0 aliphatic carbocycles. The van der Waals surface area contributed by atoms with Gasteiger partial charge < -0.3 is 5.32 Å². The molecule has 20 heavy (non-hydrogen) atoms. The fourth-order valence-corrected chi connectivity index (χ4v) is 3.11. The van der Waals surface area contributed by atoms with E-state index < -0.39 is 0 Å². The third-order valence-electron chi connectivity index (χ3n) is 3.43. The number of aromatic nitrogens is 1. The van der Waals surface area contributed by atoms with Crippen LogP contribution in [0.2, 0.25) is 0 Å². The molecule has 108 valence electrons. The highest BCUT2D eigenvalue weighted by molar-refractivity contribution is 7.11. The Hall–Kier alpha value is -1.26. The molecule has 0 radical (unpaired) electrons. The molecule has 0 fully saturated rings. The Kier molecular flexibility index (Phi) is 5.26. The summed E-state index contributed by atoms with van der Waals surface area (Å²) in [5.74, 6) is -0.146. The van der Waals surface area contributed by atoms with E-state index in [1.807, 2.05) is 18.3 Å². The average molecular weight is 292 g/mol. The summed E-state index contributed by atoms with van der Waals surface area (Å²) < 4.78 is 13.9. The van der Waals surface area contributed by atoms with Crippen LogP contribution in [0.15, 0.2) is 30.5 Å². The van der Waals surface area contributed by atoms with Crippen molar-refractivity contribution in [3.05, 3.63) is 51.7 Å². The molecule has 0 saturated heterocycles.